The van der Waals surface area contributed by atoms with Crippen LogP contribution in [0.5, 0.6) is 0 Å². The first-order valence-corrected chi connectivity index (χ1v) is 7.23. The third-order valence-electron chi connectivity index (χ3n) is 4.40. The van der Waals surface area contributed by atoms with Gasteiger partial charge < -0.3 is 5.73 Å². The molecule has 1 aliphatic rings. The molecule has 1 aliphatic carbocycles. The second-order valence-corrected chi connectivity index (χ2v) is 5.82. The fraction of sp³-hybridized carbons (Fsp3) is 0.333. The lowest BCUT2D eigenvalue weighted by Gasteiger charge is -2.30. The molecule has 0 heterocycles. The van der Waals surface area contributed by atoms with Crippen LogP contribution in [0.1, 0.15) is 34.7 Å². The van der Waals surface area contributed by atoms with E-state index >= 15 is 0 Å². The molecule has 0 amide bonds. The number of benzene rings is 2. The molecule has 1 nitrogen and oxygen atoms in total. The van der Waals surface area contributed by atoms with Crippen LogP contribution in [0.15, 0.2) is 42.5 Å². The van der Waals surface area contributed by atoms with E-state index in [-0.39, 0.29) is 11.9 Å². The highest BCUT2D eigenvalue weighted by Crippen LogP contribution is 2.33. The smallest absolute Gasteiger partial charge is 0.127 e. The first-order chi connectivity index (χ1) is 9.65. The number of halogens is 1. The monoisotopic (exact) mass is 269 g/mol. The zero-order valence-electron chi connectivity index (χ0n) is 11.8. The summed E-state index contributed by atoms with van der Waals surface area (Å²) in [6, 6.07) is 13.5. The van der Waals surface area contributed by atoms with Crippen LogP contribution < -0.4 is 5.73 Å². The molecule has 2 aromatic carbocycles. The van der Waals surface area contributed by atoms with E-state index in [1.54, 1.807) is 6.07 Å². The molecular formula is C18H20FN. The summed E-state index contributed by atoms with van der Waals surface area (Å²) in [5, 5.41) is 0. The number of nitrogens with two attached hydrogens (primary N) is 1. The van der Waals surface area contributed by atoms with Gasteiger partial charge in [0.15, 0.2) is 0 Å². The molecule has 0 saturated heterocycles. The van der Waals surface area contributed by atoms with Crippen LogP contribution in [-0.4, -0.2) is 0 Å². The fourth-order valence-corrected chi connectivity index (χ4v) is 3.21. The largest absolute Gasteiger partial charge is 0.324 e. The van der Waals surface area contributed by atoms with Crippen LogP contribution in [0.3, 0.4) is 0 Å². The van der Waals surface area contributed by atoms with Crippen molar-refractivity contribution in [2.24, 2.45) is 11.7 Å². The van der Waals surface area contributed by atoms with E-state index < -0.39 is 0 Å². The van der Waals surface area contributed by atoms with Gasteiger partial charge in [-0.25, -0.2) is 4.39 Å². The third kappa shape index (κ3) is 2.48. The van der Waals surface area contributed by atoms with Crippen molar-refractivity contribution >= 4 is 0 Å². The minimum absolute atomic E-state index is 0.179. The number of hydrogen-bond donors (Lipinski definition) is 1. The lowest BCUT2D eigenvalue weighted by atomic mass is 9.78. The van der Waals surface area contributed by atoms with Gasteiger partial charge in [0.1, 0.15) is 5.82 Å². The van der Waals surface area contributed by atoms with Crippen LogP contribution in [-0.2, 0) is 12.8 Å². The lowest BCUT2D eigenvalue weighted by molar-refractivity contribution is 0.373. The van der Waals surface area contributed by atoms with Crippen molar-refractivity contribution < 1.29 is 4.39 Å². The second-order valence-electron chi connectivity index (χ2n) is 5.82. The molecule has 2 atom stereocenters. The summed E-state index contributed by atoms with van der Waals surface area (Å²) in [4.78, 5) is 0. The quantitative estimate of drug-likeness (QED) is 0.878. The molecule has 0 aromatic heterocycles. The first-order valence-electron chi connectivity index (χ1n) is 7.23. The van der Waals surface area contributed by atoms with Crippen molar-refractivity contribution in [2.75, 3.05) is 0 Å². The minimum atomic E-state index is -0.219. The van der Waals surface area contributed by atoms with Crippen LogP contribution in [0.2, 0.25) is 0 Å². The molecule has 0 saturated carbocycles. The number of rotatable bonds is 2. The molecule has 2 unspecified atom stereocenters. The van der Waals surface area contributed by atoms with E-state index in [0.717, 1.165) is 24.8 Å². The number of fused-ring (bicyclic) bond motifs is 1. The van der Waals surface area contributed by atoms with Gasteiger partial charge in [-0.3, -0.25) is 0 Å². The summed E-state index contributed by atoms with van der Waals surface area (Å²) in [6.07, 6.45) is 3.03. The highest BCUT2D eigenvalue weighted by molar-refractivity contribution is 5.32. The topological polar surface area (TPSA) is 26.0 Å². The van der Waals surface area contributed by atoms with Crippen molar-refractivity contribution in [3.63, 3.8) is 0 Å². The molecule has 0 bridgehead atoms. The Labute approximate surface area is 119 Å². The zero-order chi connectivity index (χ0) is 14.1. The molecule has 0 spiro atoms. The van der Waals surface area contributed by atoms with Crippen LogP contribution in [0.4, 0.5) is 4.39 Å². The van der Waals surface area contributed by atoms with E-state index in [9.17, 15) is 4.39 Å². The van der Waals surface area contributed by atoms with Crippen LogP contribution in [0.25, 0.3) is 0 Å². The van der Waals surface area contributed by atoms with Gasteiger partial charge in [-0.15, -0.1) is 0 Å². The van der Waals surface area contributed by atoms with E-state index in [1.165, 1.54) is 17.2 Å². The van der Waals surface area contributed by atoms with Crippen LogP contribution >= 0.6 is 0 Å². The standard InChI is InChI=1S/C18H20FN/c1-12-6-9-17(19)16(10-12)18(20)15-8-7-13-4-2-3-5-14(13)11-15/h2-6,9-10,15,18H,7-8,11,20H2,1H3. The van der Waals surface area contributed by atoms with Gasteiger partial charge in [0.25, 0.3) is 0 Å². The average Bonchev–Trinajstić information content (AvgIpc) is 2.48. The third-order valence-corrected chi connectivity index (χ3v) is 4.40. The molecule has 20 heavy (non-hydrogen) atoms. The Kier molecular flexibility index (Phi) is 3.58. The van der Waals surface area contributed by atoms with Gasteiger partial charge >= 0.3 is 0 Å². The zero-order valence-corrected chi connectivity index (χ0v) is 11.8. The summed E-state index contributed by atoms with van der Waals surface area (Å²) in [5.41, 5.74) is 10.9. The Morgan fingerprint density at radius 3 is 2.70 bits per heavy atom. The molecular weight excluding hydrogens is 249 g/mol. The molecule has 0 radical (unpaired) electrons. The van der Waals surface area contributed by atoms with Crippen molar-refractivity contribution in [1.29, 1.82) is 0 Å². The lowest BCUT2D eigenvalue weighted by Crippen LogP contribution is -2.27. The SMILES string of the molecule is Cc1ccc(F)c(C(N)C2CCc3ccccc3C2)c1. The summed E-state index contributed by atoms with van der Waals surface area (Å²) in [5.74, 6) is 0.142. The highest BCUT2D eigenvalue weighted by atomic mass is 19.1. The van der Waals surface area contributed by atoms with Gasteiger partial charge in [-0.1, -0.05) is 42.0 Å². The predicted octanol–water partition coefficient (Wildman–Crippen LogP) is 3.94. The van der Waals surface area contributed by atoms with Gasteiger partial charge in [-0.2, -0.15) is 0 Å². The Morgan fingerprint density at radius 2 is 1.90 bits per heavy atom. The summed E-state index contributed by atoms with van der Waals surface area (Å²) in [7, 11) is 0. The van der Waals surface area contributed by atoms with Crippen LogP contribution in [0, 0.1) is 18.7 Å². The average molecular weight is 269 g/mol. The van der Waals surface area contributed by atoms with Crippen molar-refractivity contribution in [3.8, 4) is 0 Å². The summed E-state index contributed by atoms with van der Waals surface area (Å²) >= 11 is 0. The molecule has 0 fully saturated rings. The van der Waals surface area contributed by atoms with Crippen molar-refractivity contribution in [1.82, 2.24) is 0 Å². The van der Waals surface area contributed by atoms with Gasteiger partial charge in [0.2, 0.25) is 0 Å². The Bertz CT molecular complexity index is 621. The van der Waals surface area contributed by atoms with Crippen molar-refractivity contribution in [3.05, 3.63) is 70.5 Å². The molecule has 2 heteroatoms. The molecule has 104 valence electrons. The Balaban J connectivity index is 1.85. The summed E-state index contributed by atoms with van der Waals surface area (Å²) < 4.78 is 14.0. The maximum absolute atomic E-state index is 14.0. The first kappa shape index (κ1) is 13.3. The van der Waals surface area contributed by atoms with E-state index in [0.29, 0.717) is 11.5 Å². The second kappa shape index (κ2) is 5.37. The van der Waals surface area contributed by atoms with E-state index in [4.69, 9.17) is 5.73 Å². The highest BCUT2D eigenvalue weighted by Gasteiger charge is 2.26. The number of aryl methyl sites for hydroxylation is 2. The minimum Gasteiger partial charge on any atom is -0.324 e. The molecule has 0 aliphatic heterocycles. The van der Waals surface area contributed by atoms with Gasteiger partial charge in [0, 0.05) is 11.6 Å². The Hall–Kier alpha value is -1.67. The maximum atomic E-state index is 14.0. The summed E-state index contributed by atoms with van der Waals surface area (Å²) in [6.45, 7) is 1.98. The van der Waals surface area contributed by atoms with Gasteiger partial charge in [0.05, 0.1) is 0 Å². The molecule has 2 N–H and O–H groups in total. The number of hydrogen-bond acceptors (Lipinski definition) is 1. The van der Waals surface area contributed by atoms with Crippen molar-refractivity contribution in [2.45, 2.75) is 32.2 Å². The normalized spacial score (nSPS) is 19.4. The maximum Gasteiger partial charge on any atom is 0.127 e. The predicted molar refractivity (Wildman–Crippen MR) is 80.0 cm³/mol. The van der Waals surface area contributed by atoms with E-state index in [1.807, 2.05) is 13.0 Å². The van der Waals surface area contributed by atoms with Gasteiger partial charge in [-0.05, 0) is 49.3 Å². The molecule has 2 aromatic rings. The Morgan fingerprint density at radius 1 is 1.15 bits per heavy atom. The fourth-order valence-electron chi connectivity index (χ4n) is 3.21. The molecule has 3 rings (SSSR count). The van der Waals surface area contributed by atoms with E-state index in [2.05, 4.69) is 24.3 Å².